The van der Waals surface area contributed by atoms with Crippen LogP contribution in [0, 0.1) is 0 Å². The molecule has 2 nitrogen and oxygen atoms in total. The molecule has 1 N–H and O–H groups in total. The molecule has 0 atom stereocenters. The second kappa shape index (κ2) is 4.92. The van der Waals surface area contributed by atoms with Crippen LogP contribution in [0.5, 0.6) is 0 Å². The number of nitrogens with one attached hydrogen (secondary N) is 1. The first-order valence-corrected chi connectivity index (χ1v) is 4.64. The van der Waals surface area contributed by atoms with Crippen molar-refractivity contribution in [3.8, 4) is 0 Å². The van der Waals surface area contributed by atoms with E-state index in [-0.39, 0.29) is 0 Å². The zero-order valence-corrected chi connectivity index (χ0v) is 8.25. The van der Waals surface area contributed by atoms with Gasteiger partial charge in [0.2, 0.25) is 7.98 Å². The van der Waals surface area contributed by atoms with Gasteiger partial charge in [-0.25, -0.2) is 0 Å². The Morgan fingerprint density at radius 2 is 1.85 bits per heavy atom. The fraction of sp³-hybridized carbons (Fsp3) is 0.400. The lowest BCUT2D eigenvalue weighted by atomic mass is 10.1. The summed E-state index contributed by atoms with van der Waals surface area (Å²) in [6.45, 7) is 4.91. The molecular formula is C10H15BN2. The molecule has 0 aliphatic carbocycles. The first-order valence-electron chi connectivity index (χ1n) is 4.64. The van der Waals surface area contributed by atoms with Gasteiger partial charge in [0.1, 0.15) is 0 Å². The summed E-state index contributed by atoms with van der Waals surface area (Å²) < 4.78 is 0. The van der Waals surface area contributed by atoms with Crippen molar-refractivity contribution in [1.82, 2.24) is 4.92 Å². The molecule has 0 heterocycles. The standard InChI is InChI=1S/C10H15BN2/c1-3-9-5-7-10(8-6-9)12-13(11)4-2/h5-8,12H,3-4H2,1-2H3. The van der Waals surface area contributed by atoms with Gasteiger partial charge in [-0.05, 0) is 24.1 Å². The molecule has 68 valence electrons. The lowest BCUT2D eigenvalue weighted by molar-refractivity contribution is 0.569. The largest absolute Gasteiger partial charge is 0.331 e. The predicted molar refractivity (Wildman–Crippen MR) is 57.6 cm³/mol. The molecule has 0 saturated carbocycles. The SMILES string of the molecule is [B]N(CC)Nc1ccc(CC)cc1. The van der Waals surface area contributed by atoms with Gasteiger partial charge in [-0.3, -0.25) is 4.92 Å². The van der Waals surface area contributed by atoms with Gasteiger partial charge < -0.3 is 5.43 Å². The second-order valence-corrected chi connectivity index (χ2v) is 2.95. The van der Waals surface area contributed by atoms with E-state index in [2.05, 4.69) is 24.5 Å². The van der Waals surface area contributed by atoms with Crippen LogP contribution in [-0.2, 0) is 6.42 Å². The minimum Gasteiger partial charge on any atom is -0.331 e. The first kappa shape index (κ1) is 10.1. The number of hydrogen-bond acceptors (Lipinski definition) is 2. The summed E-state index contributed by atoms with van der Waals surface area (Å²) in [4.78, 5) is 1.56. The molecule has 1 aromatic rings. The highest BCUT2D eigenvalue weighted by Crippen LogP contribution is 2.09. The van der Waals surface area contributed by atoms with E-state index in [9.17, 15) is 0 Å². The molecule has 13 heavy (non-hydrogen) atoms. The third kappa shape index (κ3) is 3.11. The monoisotopic (exact) mass is 174 g/mol. The maximum Gasteiger partial charge on any atom is 0.214 e. The number of hydrogen-bond donors (Lipinski definition) is 1. The lowest BCUT2D eigenvalue weighted by Crippen LogP contribution is -2.26. The second-order valence-electron chi connectivity index (χ2n) is 2.95. The van der Waals surface area contributed by atoms with E-state index in [1.165, 1.54) is 5.56 Å². The van der Waals surface area contributed by atoms with Crippen molar-refractivity contribution < 1.29 is 0 Å². The van der Waals surface area contributed by atoms with Crippen molar-refractivity contribution in [3.05, 3.63) is 29.8 Å². The van der Waals surface area contributed by atoms with Crippen LogP contribution in [0.3, 0.4) is 0 Å². The van der Waals surface area contributed by atoms with Crippen LogP contribution >= 0.6 is 0 Å². The number of rotatable bonds is 4. The van der Waals surface area contributed by atoms with Gasteiger partial charge in [0.15, 0.2) is 0 Å². The Balaban J connectivity index is 2.58. The molecule has 0 aliphatic heterocycles. The Hall–Kier alpha value is -0.955. The molecule has 3 heteroatoms. The van der Waals surface area contributed by atoms with E-state index < -0.39 is 0 Å². The topological polar surface area (TPSA) is 15.3 Å². The van der Waals surface area contributed by atoms with Gasteiger partial charge in [0.25, 0.3) is 0 Å². The van der Waals surface area contributed by atoms with Crippen molar-refractivity contribution in [2.45, 2.75) is 20.3 Å². The molecule has 2 radical (unpaired) electrons. The molecule has 0 fully saturated rings. The lowest BCUT2D eigenvalue weighted by Gasteiger charge is -2.17. The highest BCUT2D eigenvalue weighted by atomic mass is 15.4. The maximum atomic E-state index is 5.60. The van der Waals surface area contributed by atoms with Crippen LogP contribution in [0.4, 0.5) is 5.69 Å². The molecule has 0 saturated heterocycles. The van der Waals surface area contributed by atoms with Gasteiger partial charge in [0, 0.05) is 12.2 Å². The normalized spacial score (nSPS) is 10.4. The number of hydrazine groups is 1. The van der Waals surface area contributed by atoms with Crippen molar-refractivity contribution in [2.75, 3.05) is 12.0 Å². The molecule has 1 rings (SSSR count). The summed E-state index contributed by atoms with van der Waals surface area (Å²) in [7, 11) is 5.60. The number of aryl methyl sites for hydroxylation is 1. The van der Waals surface area contributed by atoms with Gasteiger partial charge in [-0.2, -0.15) is 0 Å². The molecule has 0 unspecified atom stereocenters. The number of benzene rings is 1. The smallest absolute Gasteiger partial charge is 0.214 e. The van der Waals surface area contributed by atoms with Crippen LogP contribution in [0.2, 0.25) is 0 Å². The van der Waals surface area contributed by atoms with Gasteiger partial charge in [-0.1, -0.05) is 26.0 Å². The highest BCUT2D eigenvalue weighted by molar-refractivity contribution is 6.05. The van der Waals surface area contributed by atoms with Crippen LogP contribution in [0.1, 0.15) is 19.4 Å². The number of anilines is 1. The first-order chi connectivity index (χ1) is 6.26. The summed E-state index contributed by atoms with van der Waals surface area (Å²) >= 11 is 0. The summed E-state index contributed by atoms with van der Waals surface area (Å²) in [5, 5.41) is 0. The maximum absolute atomic E-state index is 5.60. The van der Waals surface area contributed by atoms with Crippen molar-refractivity contribution in [1.29, 1.82) is 0 Å². The third-order valence-corrected chi connectivity index (χ3v) is 1.98. The minimum absolute atomic E-state index is 0.773. The average molecular weight is 174 g/mol. The van der Waals surface area contributed by atoms with Gasteiger partial charge in [0.05, 0.1) is 0 Å². The molecule has 0 aliphatic rings. The molecule has 1 aromatic carbocycles. The number of nitrogens with zero attached hydrogens (tertiary/aromatic N) is 1. The molecule has 0 bridgehead atoms. The van der Waals surface area contributed by atoms with E-state index >= 15 is 0 Å². The van der Waals surface area contributed by atoms with Crippen molar-refractivity contribution in [2.24, 2.45) is 0 Å². The van der Waals surface area contributed by atoms with Crippen molar-refractivity contribution >= 4 is 13.7 Å². The summed E-state index contributed by atoms with van der Waals surface area (Å²) in [6, 6.07) is 8.28. The Bertz CT molecular complexity index is 246. The predicted octanol–water partition coefficient (Wildman–Crippen LogP) is 1.98. The van der Waals surface area contributed by atoms with E-state index in [1.807, 2.05) is 19.1 Å². The average Bonchev–Trinajstić information content (AvgIpc) is 2.19. The van der Waals surface area contributed by atoms with Gasteiger partial charge in [-0.15, -0.1) is 0 Å². The Labute approximate surface area is 81.3 Å². The van der Waals surface area contributed by atoms with Crippen LogP contribution in [0.25, 0.3) is 0 Å². The van der Waals surface area contributed by atoms with Crippen LogP contribution < -0.4 is 5.43 Å². The fourth-order valence-electron chi connectivity index (χ4n) is 1.06. The van der Waals surface area contributed by atoms with Crippen LogP contribution in [-0.4, -0.2) is 19.4 Å². The summed E-state index contributed by atoms with van der Waals surface area (Å²) in [5.41, 5.74) is 5.42. The van der Waals surface area contributed by atoms with E-state index in [0.29, 0.717) is 0 Å². The third-order valence-electron chi connectivity index (χ3n) is 1.98. The molecular weight excluding hydrogens is 159 g/mol. The van der Waals surface area contributed by atoms with Gasteiger partial charge >= 0.3 is 0 Å². The quantitative estimate of drug-likeness (QED) is 0.554. The van der Waals surface area contributed by atoms with E-state index in [4.69, 9.17) is 7.98 Å². The zero-order valence-electron chi connectivity index (χ0n) is 8.25. The Morgan fingerprint density at radius 3 is 2.31 bits per heavy atom. The fourth-order valence-corrected chi connectivity index (χ4v) is 1.06. The minimum atomic E-state index is 0.773. The Morgan fingerprint density at radius 1 is 1.23 bits per heavy atom. The van der Waals surface area contributed by atoms with E-state index in [0.717, 1.165) is 18.7 Å². The van der Waals surface area contributed by atoms with E-state index in [1.54, 1.807) is 4.92 Å². The van der Waals surface area contributed by atoms with Crippen molar-refractivity contribution in [3.63, 3.8) is 0 Å². The zero-order chi connectivity index (χ0) is 9.68. The highest BCUT2D eigenvalue weighted by Gasteiger charge is 1.94. The molecule has 0 spiro atoms. The summed E-state index contributed by atoms with van der Waals surface area (Å²) in [6.07, 6.45) is 1.07. The molecule has 0 aromatic heterocycles. The molecule has 0 amide bonds. The van der Waals surface area contributed by atoms with Crippen LogP contribution in [0.15, 0.2) is 24.3 Å². The summed E-state index contributed by atoms with van der Waals surface area (Å²) in [5.74, 6) is 0. The Kier molecular flexibility index (Phi) is 3.84.